The second-order valence-corrected chi connectivity index (χ2v) is 12.4. The smallest absolute Gasteiger partial charge is 0.387 e. The molecule has 0 radical (unpaired) electrons. The van der Waals surface area contributed by atoms with Crippen LogP contribution in [0.25, 0.3) is 16.9 Å². The molecule has 4 heterocycles. The maximum Gasteiger partial charge on any atom is 0.387 e. The number of fused-ring (bicyclic) bond motifs is 1. The molecule has 0 unspecified atom stereocenters. The van der Waals surface area contributed by atoms with E-state index in [9.17, 15) is 18.4 Å². The first-order chi connectivity index (χ1) is 22.2. The number of rotatable bonds is 14. The van der Waals surface area contributed by atoms with Crippen LogP contribution < -0.4 is 10.1 Å². The first-order valence-corrected chi connectivity index (χ1v) is 15.7. The van der Waals surface area contributed by atoms with Crippen LogP contribution in [0.5, 0.6) is 5.75 Å². The molecule has 0 atom stereocenters. The molecule has 0 saturated carbocycles. The Bertz CT molecular complexity index is 1640. The van der Waals surface area contributed by atoms with Gasteiger partial charge in [0.2, 0.25) is 5.91 Å². The van der Waals surface area contributed by atoms with E-state index in [1.54, 1.807) is 35.5 Å². The highest BCUT2D eigenvalue weighted by atomic mass is 32.2. The number of amides is 2. The second kappa shape index (κ2) is 15.4. The predicted octanol–water partition coefficient (Wildman–Crippen LogP) is 3.10. The van der Waals surface area contributed by atoms with E-state index in [-0.39, 0.29) is 52.6 Å². The maximum atomic E-state index is 13.5. The molecule has 246 valence electrons. The fraction of sp³-hybridized carbons (Fsp3) is 0.433. The zero-order valence-electron chi connectivity index (χ0n) is 25.5. The molecule has 1 aliphatic heterocycles. The maximum absolute atomic E-state index is 13.5. The molecule has 2 amide bonds. The molecular weight excluding hydrogens is 622 g/mol. The lowest BCUT2D eigenvalue weighted by Crippen LogP contribution is -2.50. The van der Waals surface area contributed by atoms with Crippen molar-refractivity contribution < 1.29 is 33.0 Å². The van der Waals surface area contributed by atoms with Crippen molar-refractivity contribution in [3.8, 4) is 17.0 Å². The highest BCUT2D eigenvalue weighted by Crippen LogP contribution is 2.39. The Kier molecular flexibility index (Phi) is 11.2. The van der Waals surface area contributed by atoms with Gasteiger partial charge in [0.1, 0.15) is 23.6 Å². The van der Waals surface area contributed by atoms with E-state index >= 15 is 0 Å². The van der Waals surface area contributed by atoms with Crippen molar-refractivity contribution >= 4 is 34.9 Å². The summed E-state index contributed by atoms with van der Waals surface area (Å²) < 4.78 is 40.0. The Hall–Kier alpha value is -4.12. The molecule has 1 aliphatic rings. The van der Waals surface area contributed by atoms with E-state index in [0.29, 0.717) is 51.6 Å². The van der Waals surface area contributed by atoms with E-state index < -0.39 is 12.5 Å². The third-order valence-electron chi connectivity index (χ3n) is 7.14. The lowest BCUT2D eigenvalue weighted by molar-refractivity contribution is -0.133. The number of nitrogens with one attached hydrogen (secondary N) is 1. The number of thioether (sulfide) groups is 1. The van der Waals surface area contributed by atoms with E-state index in [1.807, 2.05) is 13.8 Å². The molecule has 1 fully saturated rings. The molecule has 0 aliphatic carbocycles. The van der Waals surface area contributed by atoms with E-state index in [0.717, 1.165) is 4.90 Å². The zero-order chi connectivity index (χ0) is 32.6. The van der Waals surface area contributed by atoms with Gasteiger partial charge in [0.15, 0.2) is 5.65 Å². The molecule has 16 heteroatoms. The quantitative estimate of drug-likeness (QED) is 0.154. The zero-order valence-corrected chi connectivity index (χ0v) is 26.3. The van der Waals surface area contributed by atoms with Crippen LogP contribution in [0.15, 0.2) is 53.9 Å². The molecule has 4 aromatic rings. The van der Waals surface area contributed by atoms with Crippen LogP contribution in [-0.4, -0.2) is 116 Å². The lowest BCUT2D eigenvalue weighted by atomic mass is 10.1. The largest absolute Gasteiger partial charge is 0.434 e. The van der Waals surface area contributed by atoms with Crippen LogP contribution in [0.2, 0.25) is 0 Å². The standard InChI is InChI=1S/C30H36F2N8O5S/c1-20(2)46-21-4-5-25(45-30(31)32)22(16-21)27-24(35-29(43)23-17-34-40-7-3-6-33-28(23)40)18-39(36-27)19-26(42)38-10-8-37(9-11-38)12-14-44-15-13-41/h3-7,16-18,20,30,41H,8-15,19H2,1-2H3,(H,35,43). The Morgan fingerprint density at radius 1 is 1.15 bits per heavy atom. The number of benzene rings is 1. The molecule has 5 rings (SSSR count). The number of hydrogen-bond acceptors (Lipinski definition) is 10. The van der Waals surface area contributed by atoms with Crippen molar-refractivity contribution in [2.24, 2.45) is 0 Å². The van der Waals surface area contributed by atoms with Crippen LogP contribution in [-0.2, 0) is 16.1 Å². The number of halogens is 2. The average Bonchev–Trinajstić information content (AvgIpc) is 3.64. The molecule has 1 aromatic carbocycles. The predicted molar refractivity (Wildman–Crippen MR) is 167 cm³/mol. The molecular formula is C30H36F2N8O5S. The Morgan fingerprint density at radius 3 is 2.70 bits per heavy atom. The Morgan fingerprint density at radius 2 is 1.96 bits per heavy atom. The van der Waals surface area contributed by atoms with Gasteiger partial charge in [0, 0.05) is 67.0 Å². The summed E-state index contributed by atoms with van der Waals surface area (Å²) in [5.74, 6) is -0.834. The lowest BCUT2D eigenvalue weighted by Gasteiger charge is -2.34. The van der Waals surface area contributed by atoms with Gasteiger partial charge in [0.05, 0.1) is 31.7 Å². The number of nitrogens with zero attached hydrogens (tertiary/aromatic N) is 7. The summed E-state index contributed by atoms with van der Waals surface area (Å²) in [7, 11) is 0. The molecule has 1 saturated heterocycles. The van der Waals surface area contributed by atoms with Gasteiger partial charge in [0.25, 0.3) is 5.91 Å². The van der Waals surface area contributed by atoms with E-state index in [2.05, 4.69) is 25.4 Å². The first kappa shape index (κ1) is 33.2. The van der Waals surface area contributed by atoms with Crippen molar-refractivity contribution in [2.75, 3.05) is 57.9 Å². The van der Waals surface area contributed by atoms with Crippen molar-refractivity contribution in [3.05, 3.63) is 54.6 Å². The van der Waals surface area contributed by atoms with Crippen molar-refractivity contribution in [3.63, 3.8) is 0 Å². The van der Waals surface area contributed by atoms with Gasteiger partial charge < -0.3 is 24.8 Å². The Balaban J connectivity index is 1.41. The number of hydrogen-bond donors (Lipinski definition) is 2. The number of alkyl halides is 2. The number of carbonyl (C=O) groups excluding carboxylic acids is 2. The fourth-order valence-corrected chi connectivity index (χ4v) is 5.90. The second-order valence-electron chi connectivity index (χ2n) is 10.8. The number of aliphatic hydroxyl groups excluding tert-OH is 1. The number of aliphatic hydroxyl groups is 1. The van der Waals surface area contributed by atoms with Crippen molar-refractivity contribution in [1.29, 1.82) is 0 Å². The van der Waals surface area contributed by atoms with Gasteiger partial charge in [-0.3, -0.25) is 19.2 Å². The summed E-state index contributed by atoms with van der Waals surface area (Å²) in [5.41, 5.74) is 1.14. The first-order valence-electron chi connectivity index (χ1n) is 14.8. The number of carbonyl (C=O) groups is 2. The topological polar surface area (TPSA) is 139 Å². The number of anilines is 1. The minimum Gasteiger partial charge on any atom is -0.434 e. The highest BCUT2D eigenvalue weighted by molar-refractivity contribution is 7.99. The molecule has 46 heavy (non-hydrogen) atoms. The van der Waals surface area contributed by atoms with Crippen LogP contribution in [0, 0.1) is 0 Å². The molecule has 0 spiro atoms. The molecule has 2 N–H and O–H groups in total. The normalized spacial score (nSPS) is 14.0. The third-order valence-corrected chi connectivity index (χ3v) is 8.14. The van der Waals surface area contributed by atoms with Gasteiger partial charge >= 0.3 is 6.61 Å². The summed E-state index contributed by atoms with van der Waals surface area (Å²) in [4.78, 5) is 35.8. The monoisotopic (exact) mass is 658 g/mol. The van der Waals surface area contributed by atoms with Crippen molar-refractivity contribution in [2.45, 2.75) is 37.1 Å². The van der Waals surface area contributed by atoms with Gasteiger partial charge in [-0.2, -0.15) is 19.0 Å². The van der Waals surface area contributed by atoms with Crippen LogP contribution >= 0.6 is 11.8 Å². The number of piperazine rings is 1. The summed E-state index contributed by atoms with van der Waals surface area (Å²) >= 11 is 1.53. The average molecular weight is 659 g/mol. The van der Waals surface area contributed by atoms with Gasteiger partial charge in [-0.25, -0.2) is 9.50 Å². The number of ether oxygens (including phenoxy) is 2. The van der Waals surface area contributed by atoms with Gasteiger partial charge in [-0.15, -0.1) is 11.8 Å². The van der Waals surface area contributed by atoms with Gasteiger partial charge in [-0.05, 0) is 24.3 Å². The SMILES string of the molecule is CC(C)Sc1ccc(OC(F)F)c(-c2nn(CC(=O)N3CCN(CCOCCO)CC3)cc2NC(=O)c2cnn3cccnc23)c1. The fourth-order valence-electron chi connectivity index (χ4n) is 5.03. The highest BCUT2D eigenvalue weighted by Gasteiger charge is 2.25. The third kappa shape index (κ3) is 8.37. The summed E-state index contributed by atoms with van der Waals surface area (Å²) in [6.45, 7) is 4.63. The molecule has 0 bridgehead atoms. The Labute approximate surface area is 268 Å². The van der Waals surface area contributed by atoms with E-state index in [1.165, 1.54) is 39.4 Å². The summed E-state index contributed by atoms with van der Waals surface area (Å²) in [6.07, 6.45) is 6.09. The van der Waals surface area contributed by atoms with Crippen LogP contribution in [0.3, 0.4) is 0 Å². The number of aromatic nitrogens is 5. The van der Waals surface area contributed by atoms with Crippen molar-refractivity contribution in [1.82, 2.24) is 34.2 Å². The van der Waals surface area contributed by atoms with Crippen LogP contribution in [0.4, 0.5) is 14.5 Å². The molecule has 3 aromatic heterocycles. The van der Waals surface area contributed by atoms with Gasteiger partial charge in [-0.1, -0.05) is 13.8 Å². The summed E-state index contributed by atoms with van der Waals surface area (Å²) in [5, 5.41) is 20.7. The molecule has 13 nitrogen and oxygen atoms in total. The minimum absolute atomic E-state index is 0.0242. The van der Waals surface area contributed by atoms with E-state index in [4.69, 9.17) is 14.6 Å². The van der Waals surface area contributed by atoms with Crippen LogP contribution in [0.1, 0.15) is 24.2 Å². The summed E-state index contributed by atoms with van der Waals surface area (Å²) in [6, 6.07) is 6.51. The minimum atomic E-state index is -3.09.